The van der Waals surface area contributed by atoms with E-state index in [0.29, 0.717) is 39.7 Å². The molecular formula is C26H23N3O8. The van der Waals surface area contributed by atoms with E-state index in [1.165, 1.54) is 20.4 Å². The summed E-state index contributed by atoms with van der Waals surface area (Å²) in [6.45, 7) is -0.184. The molecule has 190 valence electrons. The number of carbonyl (C=O) groups excluding carboxylic acids is 3. The van der Waals surface area contributed by atoms with Gasteiger partial charge in [0.05, 0.1) is 32.5 Å². The van der Waals surface area contributed by atoms with Crippen molar-refractivity contribution < 1.29 is 38.1 Å². The molecule has 2 amide bonds. The molecule has 4 rings (SSSR count). The van der Waals surface area contributed by atoms with Crippen molar-refractivity contribution in [3.63, 3.8) is 0 Å². The topological polar surface area (TPSA) is 134 Å². The summed E-state index contributed by atoms with van der Waals surface area (Å²) in [7, 11) is 2.94. The molecule has 0 fully saturated rings. The summed E-state index contributed by atoms with van der Waals surface area (Å²) in [6, 6.07) is 16.1. The van der Waals surface area contributed by atoms with Gasteiger partial charge in [-0.2, -0.15) is 5.10 Å². The van der Waals surface area contributed by atoms with E-state index in [0.717, 1.165) is 0 Å². The van der Waals surface area contributed by atoms with E-state index in [1.807, 2.05) is 0 Å². The number of carbonyl (C=O) groups is 3. The molecule has 1 aliphatic heterocycles. The number of nitrogens with one attached hydrogen (secondary N) is 2. The van der Waals surface area contributed by atoms with Gasteiger partial charge >= 0.3 is 5.97 Å². The Balaban J connectivity index is 1.29. The van der Waals surface area contributed by atoms with Gasteiger partial charge in [-0.05, 0) is 60.2 Å². The fourth-order valence-electron chi connectivity index (χ4n) is 3.28. The lowest BCUT2D eigenvalue weighted by Crippen LogP contribution is -2.34. The molecule has 0 bridgehead atoms. The van der Waals surface area contributed by atoms with Gasteiger partial charge in [-0.1, -0.05) is 6.07 Å². The van der Waals surface area contributed by atoms with E-state index in [4.69, 9.17) is 23.7 Å². The summed E-state index contributed by atoms with van der Waals surface area (Å²) in [6.07, 6.45) is 1.38. The number of hydrazone groups is 1. The van der Waals surface area contributed by atoms with Gasteiger partial charge in [-0.15, -0.1) is 0 Å². The average molecular weight is 505 g/mol. The molecule has 0 spiro atoms. The predicted molar refractivity (Wildman–Crippen MR) is 132 cm³/mol. The maximum absolute atomic E-state index is 12.5. The first kappa shape index (κ1) is 25.0. The van der Waals surface area contributed by atoms with Crippen LogP contribution in [0.5, 0.6) is 28.7 Å². The van der Waals surface area contributed by atoms with Crippen LogP contribution in [0.1, 0.15) is 26.3 Å². The fourth-order valence-corrected chi connectivity index (χ4v) is 3.28. The van der Waals surface area contributed by atoms with Gasteiger partial charge in [0.25, 0.3) is 11.8 Å². The Bertz CT molecular complexity index is 1360. The zero-order chi connectivity index (χ0) is 26.2. The third-order valence-electron chi connectivity index (χ3n) is 5.14. The Labute approximate surface area is 211 Å². The van der Waals surface area contributed by atoms with Gasteiger partial charge in [0, 0.05) is 5.56 Å². The van der Waals surface area contributed by atoms with Crippen LogP contribution in [0.15, 0.2) is 65.8 Å². The van der Waals surface area contributed by atoms with Crippen LogP contribution in [-0.2, 0) is 4.79 Å². The Morgan fingerprint density at radius 3 is 2.57 bits per heavy atom. The lowest BCUT2D eigenvalue weighted by atomic mass is 10.2. The van der Waals surface area contributed by atoms with Crippen LogP contribution < -0.4 is 34.4 Å². The van der Waals surface area contributed by atoms with Crippen LogP contribution in [0.3, 0.4) is 0 Å². The summed E-state index contributed by atoms with van der Waals surface area (Å²) < 4.78 is 26.3. The molecule has 1 aliphatic rings. The van der Waals surface area contributed by atoms with Crippen molar-refractivity contribution in [1.29, 1.82) is 0 Å². The molecule has 0 aromatic heterocycles. The van der Waals surface area contributed by atoms with Crippen molar-refractivity contribution in [2.24, 2.45) is 5.10 Å². The number of methoxy groups -OCH3 is 2. The van der Waals surface area contributed by atoms with Crippen molar-refractivity contribution in [3.05, 3.63) is 77.4 Å². The summed E-state index contributed by atoms with van der Waals surface area (Å²) >= 11 is 0. The first-order valence-electron chi connectivity index (χ1n) is 11.0. The first-order chi connectivity index (χ1) is 18.0. The van der Waals surface area contributed by atoms with Crippen molar-refractivity contribution in [2.75, 3.05) is 27.6 Å². The zero-order valence-electron chi connectivity index (χ0n) is 20.0. The van der Waals surface area contributed by atoms with Gasteiger partial charge in [-0.25, -0.2) is 10.2 Å². The van der Waals surface area contributed by atoms with E-state index < -0.39 is 17.8 Å². The largest absolute Gasteiger partial charge is 0.497 e. The van der Waals surface area contributed by atoms with Gasteiger partial charge in [-0.3, -0.25) is 9.59 Å². The Morgan fingerprint density at radius 1 is 0.919 bits per heavy atom. The van der Waals surface area contributed by atoms with Gasteiger partial charge in [0.2, 0.25) is 6.79 Å². The lowest BCUT2D eigenvalue weighted by Gasteiger charge is -2.10. The highest BCUT2D eigenvalue weighted by atomic mass is 16.7. The van der Waals surface area contributed by atoms with Crippen LogP contribution in [0.2, 0.25) is 0 Å². The van der Waals surface area contributed by atoms with Gasteiger partial charge < -0.3 is 29.0 Å². The Morgan fingerprint density at radius 2 is 1.76 bits per heavy atom. The minimum Gasteiger partial charge on any atom is -0.497 e. The molecule has 0 unspecified atom stereocenters. The van der Waals surface area contributed by atoms with E-state index in [9.17, 15) is 14.4 Å². The maximum Gasteiger partial charge on any atom is 0.343 e. The van der Waals surface area contributed by atoms with E-state index in [1.54, 1.807) is 60.7 Å². The van der Waals surface area contributed by atoms with Crippen LogP contribution in [0.25, 0.3) is 0 Å². The molecule has 11 nitrogen and oxygen atoms in total. The van der Waals surface area contributed by atoms with E-state index in [2.05, 4.69) is 15.8 Å². The number of benzene rings is 3. The quantitative estimate of drug-likeness (QED) is 0.196. The summed E-state index contributed by atoms with van der Waals surface area (Å²) in [5.74, 6) is 0.519. The number of esters is 1. The lowest BCUT2D eigenvalue weighted by molar-refractivity contribution is -0.120. The molecule has 0 atom stereocenters. The average Bonchev–Trinajstić information content (AvgIpc) is 3.40. The number of rotatable bonds is 9. The highest BCUT2D eigenvalue weighted by molar-refractivity contribution is 5.97. The molecular weight excluding hydrogens is 482 g/mol. The SMILES string of the molecule is COc1cccc(C(=O)Oc2ccc(/C=N\NC(=O)CNC(=O)c3ccc4c(c3)OCO4)cc2OC)c1. The zero-order valence-corrected chi connectivity index (χ0v) is 20.0. The van der Waals surface area contributed by atoms with Crippen LogP contribution >= 0.6 is 0 Å². The second kappa shape index (κ2) is 11.6. The molecule has 11 heteroatoms. The maximum atomic E-state index is 12.5. The van der Waals surface area contributed by atoms with Crippen LogP contribution in [-0.4, -0.2) is 51.6 Å². The number of nitrogens with zero attached hydrogens (tertiary/aromatic N) is 1. The second-order valence-corrected chi connectivity index (χ2v) is 7.58. The molecule has 0 radical (unpaired) electrons. The Hall–Kier alpha value is -5.06. The normalized spacial score (nSPS) is 11.6. The third kappa shape index (κ3) is 6.34. The summed E-state index contributed by atoms with van der Waals surface area (Å²) in [5.41, 5.74) is 3.55. The number of amides is 2. The molecule has 0 saturated heterocycles. The number of fused-ring (bicyclic) bond motifs is 1. The molecule has 3 aromatic rings. The van der Waals surface area contributed by atoms with Crippen molar-refractivity contribution in [1.82, 2.24) is 10.7 Å². The monoisotopic (exact) mass is 505 g/mol. The van der Waals surface area contributed by atoms with Crippen molar-refractivity contribution in [2.45, 2.75) is 0 Å². The standard InChI is InChI=1S/C26H23N3O8/c1-33-19-5-3-4-18(11-19)26(32)37-21-8-6-16(10-22(21)34-2)13-28-29-24(30)14-27-25(31)17-7-9-20-23(12-17)36-15-35-20/h3-13H,14-15H2,1-2H3,(H,27,31)(H,29,30)/b28-13-. The van der Waals surface area contributed by atoms with Crippen molar-refractivity contribution in [3.8, 4) is 28.7 Å². The molecule has 3 aromatic carbocycles. The van der Waals surface area contributed by atoms with E-state index >= 15 is 0 Å². The van der Waals surface area contributed by atoms with Crippen LogP contribution in [0.4, 0.5) is 0 Å². The van der Waals surface area contributed by atoms with Crippen molar-refractivity contribution >= 4 is 24.0 Å². The number of hydrogen-bond donors (Lipinski definition) is 2. The summed E-state index contributed by atoms with van der Waals surface area (Å²) in [5, 5.41) is 6.39. The molecule has 0 aliphatic carbocycles. The second-order valence-electron chi connectivity index (χ2n) is 7.58. The highest BCUT2D eigenvalue weighted by Gasteiger charge is 2.17. The third-order valence-corrected chi connectivity index (χ3v) is 5.14. The molecule has 0 saturated carbocycles. The fraction of sp³-hybridized carbons (Fsp3) is 0.154. The Kier molecular flexibility index (Phi) is 7.84. The highest BCUT2D eigenvalue weighted by Crippen LogP contribution is 2.32. The predicted octanol–water partition coefficient (Wildman–Crippen LogP) is 2.53. The smallest absolute Gasteiger partial charge is 0.343 e. The number of hydrogen-bond acceptors (Lipinski definition) is 9. The minimum atomic E-state index is -0.575. The molecule has 37 heavy (non-hydrogen) atoms. The van der Waals surface area contributed by atoms with E-state index in [-0.39, 0.29) is 19.1 Å². The summed E-state index contributed by atoms with van der Waals surface area (Å²) in [4.78, 5) is 36.8. The number of ether oxygens (including phenoxy) is 5. The van der Waals surface area contributed by atoms with Gasteiger partial charge in [0.1, 0.15) is 5.75 Å². The first-order valence-corrected chi connectivity index (χ1v) is 11.0. The molecule has 1 heterocycles. The minimum absolute atomic E-state index is 0.101. The van der Waals surface area contributed by atoms with Gasteiger partial charge in [0.15, 0.2) is 23.0 Å². The van der Waals surface area contributed by atoms with Crippen LogP contribution in [0, 0.1) is 0 Å². The molecule has 2 N–H and O–H groups in total.